The number of ether oxygens (including phenoxy) is 2. The van der Waals surface area contributed by atoms with E-state index in [1.54, 1.807) is 29.2 Å². The van der Waals surface area contributed by atoms with Crippen LogP contribution in [0.3, 0.4) is 0 Å². The topological polar surface area (TPSA) is 93.1 Å². The van der Waals surface area contributed by atoms with Crippen molar-refractivity contribution in [2.45, 2.75) is 77.6 Å². The standard InChI is InChI=1S/C31H41NO6/c1-3-5-18-37-30(35)22-32(17-16-23-10-12-24(13-11-23)31(36)38-19-6-4-2)29(34)21-26-9-7-8-25-20-27(33)14-15-28(25)26/h10-15,20,26,33H,3-9,16-19,21-22H2,1-2H3. The summed E-state index contributed by atoms with van der Waals surface area (Å²) in [6, 6.07) is 12.6. The molecule has 0 fully saturated rings. The number of nitrogens with zero attached hydrogens (tertiary/aromatic N) is 1. The molecule has 38 heavy (non-hydrogen) atoms. The van der Waals surface area contributed by atoms with Crippen LogP contribution in [0.4, 0.5) is 0 Å². The highest BCUT2D eigenvalue weighted by Crippen LogP contribution is 2.36. The van der Waals surface area contributed by atoms with Crippen LogP contribution < -0.4 is 0 Å². The van der Waals surface area contributed by atoms with E-state index in [2.05, 4.69) is 0 Å². The first-order valence-electron chi connectivity index (χ1n) is 13.9. The van der Waals surface area contributed by atoms with Gasteiger partial charge in [0, 0.05) is 13.0 Å². The quantitative estimate of drug-likeness (QED) is 0.257. The molecule has 1 aliphatic rings. The van der Waals surface area contributed by atoms with E-state index in [1.807, 2.05) is 32.0 Å². The Balaban J connectivity index is 1.64. The summed E-state index contributed by atoms with van der Waals surface area (Å²) in [7, 11) is 0. The highest BCUT2D eigenvalue weighted by Gasteiger charge is 2.26. The van der Waals surface area contributed by atoms with Crippen molar-refractivity contribution < 1.29 is 29.0 Å². The second-order valence-corrected chi connectivity index (χ2v) is 10.0. The van der Waals surface area contributed by atoms with Gasteiger partial charge in [-0.1, -0.05) is 44.9 Å². The normalized spacial score (nSPS) is 14.4. The first kappa shape index (κ1) is 29.2. The van der Waals surface area contributed by atoms with E-state index in [-0.39, 0.29) is 30.1 Å². The van der Waals surface area contributed by atoms with Crippen LogP contribution in [-0.2, 0) is 31.9 Å². The third-order valence-electron chi connectivity index (χ3n) is 7.01. The highest BCUT2D eigenvalue weighted by atomic mass is 16.5. The fraction of sp³-hybridized carbons (Fsp3) is 0.516. The van der Waals surface area contributed by atoms with Crippen molar-refractivity contribution in [2.75, 3.05) is 26.3 Å². The number of fused-ring (bicyclic) bond motifs is 1. The Morgan fingerprint density at radius 1 is 0.974 bits per heavy atom. The van der Waals surface area contributed by atoms with Crippen molar-refractivity contribution in [3.63, 3.8) is 0 Å². The molecule has 1 unspecified atom stereocenters. The molecule has 1 amide bonds. The molecule has 0 aliphatic heterocycles. The second kappa shape index (κ2) is 15.2. The zero-order chi connectivity index (χ0) is 27.3. The fourth-order valence-corrected chi connectivity index (χ4v) is 4.74. The summed E-state index contributed by atoms with van der Waals surface area (Å²) >= 11 is 0. The molecule has 1 atom stereocenters. The van der Waals surface area contributed by atoms with E-state index >= 15 is 0 Å². The van der Waals surface area contributed by atoms with E-state index in [9.17, 15) is 19.5 Å². The van der Waals surface area contributed by atoms with E-state index in [0.717, 1.165) is 61.6 Å². The Morgan fingerprint density at radius 2 is 1.68 bits per heavy atom. The number of carbonyl (C=O) groups excluding carboxylic acids is 3. The van der Waals surface area contributed by atoms with Gasteiger partial charge in [-0.2, -0.15) is 0 Å². The molecule has 0 spiro atoms. The van der Waals surface area contributed by atoms with Gasteiger partial charge in [0.05, 0.1) is 18.8 Å². The van der Waals surface area contributed by atoms with Crippen molar-refractivity contribution >= 4 is 17.8 Å². The van der Waals surface area contributed by atoms with Gasteiger partial charge in [0.15, 0.2) is 0 Å². The Labute approximate surface area is 226 Å². The minimum absolute atomic E-state index is 0.0588. The van der Waals surface area contributed by atoms with Crippen molar-refractivity contribution in [3.05, 3.63) is 64.7 Å². The molecule has 2 aromatic carbocycles. The van der Waals surface area contributed by atoms with E-state index < -0.39 is 5.97 Å². The molecular weight excluding hydrogens is 482 g/mol. The molecule has 7 nitrogen and oxygen atoms in total. The Hall–Kier alpha value is -3.35. The summed E-state index contributed by atoms with van der Waals surface area (Å²) in [6.45, 7) is 5.13. The molecule has 206 valence electrons. The van der Waals surface area contributed by atoms with Crippen molar-refractivity contribution in [1.82, 2.24) is 4.90 Å². The van der Waals surface area contributed by atoms with Gasteiger partial charge in [-0.25, -0.2) is 4.79 Å². The van der Waals surface area contributed by atoms with E-state index in [4.69, 9.17) is 9.47 Å². The Bertz CT molecular complexity index is 1060. The predicted molar refractivity (Wildman–Crippen MR) is 146 cm³/mol. The van der Waals surface area contributed by atoms with Gasteiger partial charge in [-0.15, -0.1) is 0 Å². The Kier molecular flexibility index (Phi) is 11.7. The highest BCUT2D eigenvalue weighted by molar-refractivity contribution is 5.89. The molecule has 0 saturated heterocycles. The summed E-state index contributed by atoms with van der Waals surface area (Å²) in [4.78, 5) is 39.7. The number of aromatic hydroxyl groups is 1. The number of amides is 1. The molecule has 1 N–H and O–H groups in total. The summed E-state index contributed by atoms with van der Waals surface area (Å²) in [5.74, 6) is -0.515. The molecule has 7 heteroatoms. The van der Waals surface area contributed by atoms with Crippen molar-refractivity contribution in [2.24, 2.45) is 0 Å². The van der Waals surface area contributed by atoms with Crippen molar-refractivity contribution in [3.8, 4) is 5.75 Å². The Morgan fingerprint density at radius 3 is 2.39 bits per heavy atom. The van der Waals surface area contributed by atoms with Crippen LogP contribution >= 0.6 is 0 Å². The van der Waals surface area contributed by atoms with Crippen LogP contribution in [0.5, 0.6) is 5.75 Å². The summed E-state index contributed by atoms with van der Waals surface area (Å²) in [5, 5.41) is 9.85. The lowest BCUT2D eigenvalue weighted by Crippen LogP contribution is -2.39. The van der Waals surface area contributed by atoms with E-state index in [1.165, 1.54) is 0 Å². The fourth-order valence-electron chi connectivity index (χ4n) is 4.74. The van der Waals surface area contributed by atoms with Gasteiger partial charge in [-0.3, -0.25) is 9.59 Å². The smallest absolute Gasteiger partial charge is 0.338 e. The SMILES string of the molecule is CCCCOC(=O)CN(CCc1ccc(C(=O)OCCCC)cc1)C(=O)CC1CCCc2cc(O)ccc21. The third kappa shape index (κ3) is 8.89. The predicted octanol–water partition coefficient (Wildman–Crippen LogP) is 5.57. The molecule has 2 aromatic rings. The largest absolute Gasteiger partial charge is 0.508 e. The molecule has 0 saturated carbocycles. The first-order valence-corrected chi connectivity index (χ1v) is 13.9. The van der Waals surface area contributed by atoms with Crippen LogP contribution in [0.25, 0.3) is 0 Å². The molecule has 1 aliphatic carbocycles. The van der Waals surface area contributed by atoms with E-state index in [0.29, 0.717) is 38.2 Å². The molecule has 0 aromatic heterocycles. The van der Waals surface area contributed by atoms with Crippen LogP contribution in [0.15, 0.2) is 42.5 Å². The van der Waals surface area contributed by atoms with Gasteiger partial charge >= 0.3 is 11.9 Å². The number of phenolic OH excluding ortho intramolecular Hbond substituents is 1. The summed E-state index contributed by atoms with van der Waals surface area (Å²) in [6.07, 6.45) is 7.12. The number of benzene rings is 2. The zero-order valence-corrected chi connectivity index (χ0v) is 22.7. The number of phenols is 1. The number of hydrogen-bond donors (Lipinski definition) is 1. The summed E-state index contributed by atoms with van der Waals surface area (Å²) < 4.78 is 10.6. The maximum absolute atomic E-state index is 13.5. The van der Waals surface area contributed by atoms with Gasteiger partial charge < -0.3 is 19.5 Å². The van der Waals surface area contributed by atoms with Gasteiger partial charge in [0.1, 0.15) is 12.3 Å². The van der Waals surface area contributed by atoms with Crippen LogP contribution in [-0.4, -0.2) is 54.2 Å². The zero-order valence-electron chi connectivity index (χ0n) is 22.7. The lowest BCUT2D eigenvalue weighted by atomic mass is 9.80. The van der Waals surface area contributed by atoms with Gasteiger partial charge in [-0.05, 0) is 85.4 Å². The number of carbonyl (C=O) groups is 3. The average molecular weight is 524 g/mol. The minimum atomic E-state index is -0.397. The first-order chi connectivity index (χ1) is 18.4. The molecule has 0 heterocycles. The minimum Gasteiger partial charge on any atom is -0.508 e. The second-order valence-electron chi connectivity index (χ2n) is 10.0. The van der Waals surface area contributed by atoms with Gasteiger partial charge in [0.2, 0.25) is 5.91 Å². The maximum atomic E-state index is 13.5. The van der Waals surface area contributed by atoms with Crippen LogP contribution in [0.2, 0.25) is 0 Å². The molecule has 0 radical (unpaired) electrons. The molecule has 0 bridgehead atoms. The lowest BCUT2D eigenvalue weighted by molar-refractivity contribution is -0.149. The lowest BCUT2D eigenvalue weighted by Gasteiger charge is -2.28. The number of aryl methyl sites for hydroxylation is 1. The molecular formula is C31H41NO6. The number of hydrogen-bond acceptors (Lipinski definition) is 6. The number of esters is 2. The van der Waals surface area contributed by atoms with Gasteiger partial charge in [0.25, 0.3) is 0 Å². The maximum Gasteiger partial charge on any atom is 0.338 e. The number of unbranched alkanes of at least 4 members (excludes halogenated alkanes) is 2. The monoisotopic (exact) mass is 523 g/mol. The van der Waals surface area contributed by atoms with Crippen molar-refractivity contribution in [1.29, 1.82) is 0 Å². The average Bonchev–Trinajstić information content (AvgIpc) is 2.91. The third-order valence-corrected chi connectivity index (χ3v) is 7.01. The summed E-state index contributed by atoms with van der Waals surface area (Å²) in [5.41, 5.74) is 3.66. The number of rotatable bonds is 14. The van der Waals surface area contributed by atoms with Crippen LogP contribution in [0, 0.1) is 0 Å². The molecule has 3 rings (SSSR count). The van der Waals surface area contributed by atoms with Crippen LogP contribution in [0.1, 0.15) is 91.8 Å².